The van der Waals surface area contributed by atoms with Crippen molar-refractivity contribution in [1.29, 1.82) is 0 Å². The molecule has 1 aromatic heterocycles. The molecule has 2 fully saturated rings. The molecule has 5 unspecified atom stereocenters. The molecule has 4 rings (SSSR count). The van der Waals surface area contributed by atoms with Gasteiger partial charge in [0.1, 0.15) is 23.5 Å². The van der Waals surface area contributed by atoms with Crippen LogP contribution in [0.4, 0.5) is 0 Å². The predicted molar refractivity (Wildman–Crippen MR) is 123 cm³/mol. The number of nitrogens with one attached hydrogen (secondary N) is 3. The number of aliphatic carboxylic acids is 1. The summed E-state index contributed by atoms with van der Waals surface area (Å²) < 4.78 is -0.710. The second kappa shape index (κ2) is 9.11. The second-order valence-electron chi connectivity index (χ2n) is 8.82. The minimum absolute atomic E-state index is 0.204. The molecule has 3 heterocycles. The number of amides is 3. The first-order chi connectivity index (χ1) is 16.1. The summed E-state index contributed by atoms with van der Waals surface area (Å²) in [5.41, 5.74) is 7.23. The van der Waals surface area contributed by atoms with Crippen molar-refractivity contribution in [2.24, 2.45) is 5.73 Å². The number of nitrogens with zero attached hydrogens (tertiary/aromatic N) is 2. The fourth-order valence-corrected chi connectivity index (χ4v) is 5.93. The first-order valence-electron chi connectivity index (χ1n) is 10.7. The van der Waals surface area contributed by atoms with Crippen molar-refractivity contribution in [3.63, 3.8) is 0 Å². The average Bonchev–Trinajstić information content (AvgIpc) is 3.39. The average molecular weight is 487 g/mol. The molecule has 2 saturated heterocycles. The van der Waals surface area contributed by atoms with Gasteiger partial charge in [-0.3, -0.25) is 14.4 Å². The second-order valence-corrected chi connectivity index (χ2v) is 10.6. The van der Waals surface area contributed by atoms with E-state index in [1.165, 1.54) is 23.0 Å². The molecule has 0 saturated carbocycles. The number of aromatic amines is 1. The summed E-state index contributed by atoms with van der Waals surface area (Å²) in [4.78, 5) is 58.6. The Morgan fingerprint density at radius 3 is 2.59 bits per heavy atom. The van der Waals surface area contributed by atoms with E-state index in [0.717, 1.165) is 0 Å². The fraction of sp³-hybridized carbons (Fsp3) is 0.409. The lowest BCUT2D eigenvalue weighted by molar-refractivity contribution is -0.161. The van der Waals surface area contributed by atoms with Crippen molar-refractivity contribution >= 4 is 35.5 Å². The van der Waals surface area contributed by atoms with Crippen LogP contribution in [0.3, 0.4) is 0 Å². The van der Waals surface area contributed by atoms with Crippen molar-refractivity contribution in [1.82, 2.24) is 25.5 Å². The van der Waals surface area contributed by atoms with E-state index < -0.39 is 58.0 Å². The monoisotopic (exact) mass is 486 g/mol. The minimum Gasteiger partial charge on any atom is -0.480 e. The summed E-state index contributed by atoms with van der Waals surface area (Å²) in [7, 11) is 0. The predicted octanol–water partition coefficient (Wildman–Crippen LogP) is -0.231. The van der Waals surface area contributed by atoms with Gasteiger partial charge in [-0.25, -0.2) is 9.78 Å². The highest BCUT2D eigenvalue weighted by Gasteiger charge is 2.64. The van der Waals surface area contributed by atoms with Gasteiger partial charge in [0.2, 0.25) is 17.7 Å². The maximum atomic E-state index is 13.3. The van der Waals surface area contributed by atoms with Crippen LogP contribution < -0.4 is 16.4 Å². The molecule has 5 atom stereocenters. The van der Waals surface area contributed by atoms with Gasteiger partial charge in [0.15, 0.2) is 0 Å². The normalized spacial score (nSPS) is 24.5. The molecule has 2 aliphatic rings. The van der Waals surface area contributed by atoms with Crippen molar-refractivity contribution < 1.29 is 24.3 Å². The number of aromatic nitrogens is 2. The number of fused-ring (bicyclic) bond motifs is 1. The van der Waals surface area contributed by atoms with Crippen LogP contribution in [-0.4, -0.2) is 71.9 Å². The molecule has 1 aromatic carbocycles. The number of carbonyl (C=O) groups is 4. The smallest absolute Gasteiger partial charge is 0.327 e. The number of H-pyrrole nitrogens is 1. The number of hydrogen-bond acceptors (Lipinski definition) is 7. The molecule has 34 heavy (non-hydrogen) atoms. The first-order valence-corrected chi connectivity index (χ1v) is 11.6. The highest BCUT2D eigenvalue weighted by atomic mass is 32.2. The number of imidazole rings is 1. The molecule has 12 heteroatoms. The van der Waals surface area contributed by atoms with E-state index in [2.05, 4.69) is 20.6 Å². The van der Waals surface area contributed by atoms with Crippen LogP contribution in [0.15, 0.2) is 42.9 Å². The summed E-state index contributed by atoms with van der Waals surface area (Å²) in [6.45, 7) is 3.52. The van der Waals surface area contributed by atoms with E-state index in [0.29, 0.717) is 11.3 Å². The quantitative estimate of drug-likeness (QED) is 0.319. The molecule has 6 N–H and O–H groups in total. The van der Waals surface area contributed by atoms with E-state index in [9.17, 15) is 24.3 Å². The van der Waals surface area contributed by atoms with Crippen molar-refractivity contribution in [3.8, 4) is 0 Å². The van der Waals surface area contributed by atoms with Gasteiger partial charge in [-0.15, -0.1) is 11.8 Å². The Hall–Kier alpha value is -3.38. The molecular formula is C22H26N6O5S. The van der Waals surface area contributed by atoms with Crippen LogP contribution in [0.1, 0.15) is 31.1 Å². The number of carboxylic acids is 1. The molecule has 3 amide bonds. The van der Waals surface area contributed by atoms with Crippen LogP contribution in [0.5, 0.6) is 0 Å². The van der Waals surface area contributed by atoms with Crippen LogP contribution in [0, 0.1) is 0 Å². The Bertz CT molecular complexity index is 1090. The third kappa shape index (κ3) is 4.38. The Morgan fingerprint density at radius 2 is 1.97 bits per heavy atom. The Morgan fingerprint density at radius 1 is 1.26 bits per heavy atom. The van der Waals surface area contributed by atoms with E-state index in [4.69, 9.17) is 5.73 Å². The Balaban J connectivity index is 1.48. The maximum Gasteiger partial charge on any atom is 0.327 e. The van der Waals surface area contributed by atoms with Crippen molar-refractivity contribution in [2.45, 2.75) is 54.6 Å². The number of hydrogen-bond donors (Lipinski definition) is 5. The van der Waals surface area contributed by atoms with Gasteiger partial charge in [-0.1, -0.05) is 30.3 Å². The number of carbonyl (C=O) groups excluding carboxylic acids is 3. The zero-order chi connectivity index (χ0) is 24.6. The number of nitrogens with two attached hydrogens (primary N) is 1. The number of β-lactam (4-membered cyclic amide) rings is 1. The molecule has 0 radical (unpaired) electrons. The zero-order valence-corrected chi connectivity index (χ0v) is 19.4. The molecule has 0 aliphatic carbocycles. The topological polar surface area (TPSA) is 171 Å². The minimum atomic E-state index is -1.09. The summed E-state index contributed by atoms with van der Waals surface area (Å²) in [6, 6.07) is 4.74. The van der Waals surface area contributed by atoms with Crippen LogP contribution >= 0.6 is 11.8 Å². The van der Waals surface area contributed by atoms with Gasteiger partial charge in [-0.2, -0.15) is 0 Å². The number of thioether (sulfide) groups is 1. The highest BCUT2D eigenvalue weighted by molar-refractivity contribution is 8.01. The lowest BCUT2D eigenvalue weighted by atomic mass is 9.95. The number of benzene rings is 1. The number of rotatable bonds is 8. The van der Waals surface area contributed by atoms with Crippen molar-refractivity contribution in [3.05, 3.63) is 54.1 Å². The van der Waals surface area contributed by atoms with E-state index in [-0.39, 0.29) is 6.42 Å². The molecule has 2 aromatic rings. The van der Waals surface area contributed by atoms with E-state index in [1.807, 2.05) is 0 Å². The Labute approximate surface area is 199 Å². The Kier molecular flexibility index (Phi) is 6.36. The zero-order valence-electron chi connectivity index (χ0n) is 18.6. The number of carboxylic acid groups (broad SMARTS) is 1. The van der Waals surface area contributed by atoms with Gasteiger partial charge in [0, 0.05) is 23.1 Å². The van der Waals surface area contributed by atoms with Crippen molar-refractivity contribution in [2.75, 3.05) is 0 Å². The van der Waals surface area contributed by atoms with Crippen LogP contribution in [0.2, 0.25) is 0 Å². The van der Waals surface area contributed by atoms with Gasteiger partial charge in [0.05, 0.1) is 12.4 Å². The van der Waals surface area contributed by atoms with E-state index >= 15 is 0 Å². The van der Waals surface area contributed by atoms with Gasteiger partial charge < -0.3 is 31.4 Å². The SMILES string of the molecule is CC1(C)SC2C(NC(=O)C(NC(=O)C(N)Cc3cnc[nH]3)c3ccccc3)C(=O)N2C1C(=O)O. The lowest BCUT2D eigenvalue weighted by Gasteiger charge is -2.44. The summed E-state index contributed by atoms with van der Waals surface area (Å²) in [5, 5.41) is 14.5. The first kappa shape index (κ1) is 23.8. The van der Waals surface area contributed by atoms with Crippen LogP contribution in [-0.2, 0) is 25.6 Å². The van der Waals surface area contributed by atoms with Gasteiger partial charge in [-0.05, 0) is 19.4 Å². The van der Waals surface area contributed by atoms with Gasteiger partial charge >= 0.3 is 5.97 Å². The maximum absolute atomic E-state index is 13.3. The molecular weight excluding hydrogens is 460 g/mol. The van der Waals surface area contributed by atoms with Gasteiger partial charge in [0.25, 0.3) is 0 Å². The van der Waals surface area contributed by atoms with E-state index in [1.54, 1.807) is 50.4 Å². The largest absolute Gasteiger partial charge is 0.480 e. The summed E-state index contributed by atoms with van der Waals surface area (Å²) >= 11 is 1.33. The lowest BCUT2D eigenvalue weighted by Crippen LogP contribution is -2.71. The van der Waals surface area contributed by atoms with Crippen LogP contribution in [0.25, 0.3) is 0 Å². The molecule has 0 bridgehead atoms. The third-order valence-corrected chi connectivity index (χ3v) is 7.56. The molecule has 0 spiro atoms. The molecule has 2 aliphatic heterocycles. The summed E-state index contributed by atoms with van der Waals surface area (Å²) in [6.07, 6.45) is 3.25. The highest BCUT2D eigenvalue weighted by Crippen LogP contribution is 2.50. The molecule has 11 nitrogen and oxygen atoms in total. The summed E-state index contributed by atoms with van der Waals surface area (Å²) in [5.74, 6) is -2.66. The standard InChI is InChI=1S/C22H26N6O5S/c1-22(2)16(21(32)33)28-19(31)15(20(28)34-22)27-18(30)14(11-6-4-3-5-7-11)26-17(29)13(23)8-12-9-24-10-25-12/h3-7,9-10,13-16,20H,8,23H2,1-2H3,(H,24,25)(H,26,29)(H,27,30)(H,32,33). The fourth-order valence-electron chi connectivity index (χ4n) is 4.30. The third-order valence-electron chi connectivity index (χ3n) is 5.99. The molecule has 180 valence electrons.